The van der Waals surface area contributed by atoms with Crippen LogP contribution in [0.1, 0.15) is 21.5 Å². The average Bonchev–Trinajstić information content (AvgIpc) is 3.05. The molecule has 0 fully saturated rings. The fourth-order valence-electron chi connectivity index (χ4n) is 2.43. The quantitative estimate of drug-likeness (QED) is 0.720. The second kappa shape index (κ2) is 6.98. The first kappa shape index (κ1) is 16.4. The third-order valence-corrected chi connectivity index (χ3v) is 4.10. The topological polar surface area (TPSA) is 72.9 Å². The van der Waals surface area contributed by atoms with Crippen LogP contribution < -0.4 is 11.1 Å². The fraction of sp³-hybridized carbons (Fsp3) is 0.111. The van der Waals surface area contributed by atoms with Crippen LogP contribution in [-0.2, 0) is 6.54 Å². The van der Waals surface area contributed by atoms with Gasteiger partial charge in [0, 0.05) is 22.9 Å². The van der Waals surface area contributed by atoms with Gasteiger partial charge in [0.05, 0.1) is 17.4 Å². The molecule has 0 radical (unpaired) electrons. The summed E-state index contributed by atoms with van der Waals surface area (Å²) in [5.74, 6) is -0.202. The van der Waals surface area contributed by atoms with Crippen molar-refractivity contribution in [3.8, 4) is 5.69 Å². The predicted octanol–water partition coefficient (Wildman–Crippen LogP) is 3.65. The van der Waals surface area contributed by atoms with Gasteiger partial charge in [0.1, 0.15) is 0 Å². The molecule has 0 aliphatic carbocycles. The maximum absolute atomic E-state index is 12.4. The maximum Gasteiger partial charge on any atom is 0.258 e. The fourth-order valence-corrected chi connectivity index (χ4v) is 2.70. The summed E-state index contributed by atoms with van der Waals surface area (Å²) >= 11 is 3.40. The monoisotopic (exact) mass is 384 g/mol. The van der Waals surface area contributed by atoms with Gasteiger partial charge in [-0.3, -0.25) is 4.79 Å². The summed E-state index contributed by atoms with van der Waals surface area (Å²) in [4.78, 5) is 12.4. The van der Waals surface area contributed by atoms with Gasteiger partial charge in [-0.1, -0.05) is 22.0 Å². The Hall–Kier alpha value is -2.44. The van der Waals surface area contributed by atoms with Crippen molar-refractivity contribution in [2.75, 3.05) is 5.32 Å². The van der Waals surface area contributed by atoms with E-state index in [1.54, 1.807) is 17.1 Å². The van der Waals surface area contributed by atoms with Gasteiger partial charge in [0.25, 0.3) is 5.91 Å². The molecule has 6 heteroatoms. The lowest BCUT2D eigenvalue weighted by Gasteiger charge is -2.07. The first-order valence-corrected chi connectivity index (χ1v) is 8.27. The molecule has 0 unspecified atom stereocenters. The van der Waals surface area contributed by atoms with Crippen LogP contribution in [0.3, 0.4) is 0 Å². The number of carbonyl (C=O) groups excluding carboxylic acids is 1. The zero-order valence-electron chi connectivity index (χ0n) is 13.2. The van der Waals surface area contributed by atoms with Crippen molar-refractivity contribution in [1.29, 1.82) is 0 Å². The molecule has 3 rings (SSSR count). The Balaban J connectivity index is 1.79. The van der Waals surface area contributed by atoms with E-state index in [-0.39, 0.29) is 5.91 Å². The Morgan fingerprint density at radius 2 is 2.00 bits per heavy atom. The van der Waals surface area contributed by atoms with E-state index in [0.717, 1.165) is 27.0 Å². The van der Waals surface area contributed by atoms with Crippen LogP contribution in [-0.4, -0.2) is 15.7 Å². The summed E-state index contributed by atoms with van der Waals surface area (Å²) in [6, 6.07) is 13.5. The molecule has 3 aromatic rings. The standard InChI is InChI=1S/C18H17BrN4O/c1-12-6-13(9-20)8-16(7-12)22-18(24)14-10-21-23(11-14)17-4-2-15(19)3-5-17/h2-8,10-11H,9,20H2,1H3,(H,22,24). The molecular weight excluding hydrogens is 368 g/mol. The average molecular weight is 385 g/mol. The number of nitrogens with two attached hydrogens (primary N) is 1. The van der Waals surface area contributed by atoms with Gasteiger partial charge in [0.2, 0.25) is 0 Å². The van der Waals surface area contributed by atoms with E-state index >= 15 is 0 Å². The number of aromatic nitrogens is 2. The number of anilines is 1. The van der Waals surface area contributed by atoms with Gasteiger partial charge in [-0.15, -0.1) is 0 Å². The zero-order valence-corrected chi connectivity index (χ0v) is 14.7. The molecule has 122 valence electrons. The Morgan fingerprint density at radius 1 is 1.25 bits per heavy atom. The maximum atomic E-state index is 12.4. The van der Waals surface area contributed by atoms with Gasteiger partial charge < -0.3 is 11.1 Å². The van der Waals surface area contributed by atoms with Crippen LogP contribution in [0, 0.1) is 6.92 Å². The molecule has 5 nitrogen and oxygen atoms in total. The Morgan fingerprint density at radius 3 is 2.71 bits per heavy atom. The minimum Gasteiger partial charge on any atom is -0.326 e. The number of nitrogens with one attached hydrogen (secondary N) is 1. The summed E-state index contributed by atoms with van der Waals surface area (Å²) in [6.45, 7) is 2.41. The molecule has 0 saturated heterocycles. The smallest absolute Gasteiger partial charge is 0.258 e. The predicted molar refractivity (Wildman–Crippen MR) is 98.3 cm³/mol. The van der Waals surface area contributed by atoms with Crippen molar-refractivity contribution in [3.63, 3.8) is 0 Å². The number of amides is 1. The van der Waals surface area contributed by atoms with Crippen molar-refractivity contribution in [1.82, 2.24) is 9.78 Å². The normalized spacial score (nSPS) is 10.6. The van der Waals surface area contributed by atoms with Crippen molar-refractivity contribution in [3.05, 3.63) is 76.0 Å². The number of aryl methyl sites for hydroxylation is 1. The molecule has 3 N–H and O–H groups in total. The second-order valence-electron chi connectivity index (χ2n) is 5.52. The Kier molecular flexibility index (Phi) is 4.78. The molecule has 2 aromatic carbocycles. The molecule has 1 amide bonds. The van der Waals surface area contributed by atoms with Crippen LogP contribution in [0.4, 0.5) is 5.69 Å². The molecule has 0 saturated carbocycles. The number of nitrogens with zero attached hydrogens (tertiary/aromatic N) is 2. The van der Waals surface area contributed by atoms with Crippen LogP contribution in [0.25, 0.3) is 5.69 Å². The van der Waals surface area contributed by atoms with Gasteiger partial charge in [-0.05, 0) is 54.4 Å². The molecule has 0 bridgehead atoms. The van der Waals surface area contributed by atoms with Crippen molar-refractivity contribution < 1.29 is 4.79 Å². The van der Waals surface area contributed by atoms with E-state index < -0.39 is 0 Å². The van der Waals surface area contributed by atoms with E-state index in [0.29, 0.717) is 12.1 Å². The zero-order chi connectivity index (χ0) is 17.1. The molecule has 0 aliphatic heterocycles. The van der Waals surface area contributed by atoms with Crippen molar-refractivity contribution in [2.24, 2.45) is 5.73 Å². The van der Waals surface area contributed by atoms with E-state index in [1.165, 1.54) is 0 Å². The number of hydrogen-bond donors (Lipinski definition) is 2. The molecule has 1 heterocycles. The molecule has 0 aliphatic rings. The van der Waals surface area contributed by atoms with Crippen molar-refractivity contribution >= 4 is 27.5 Å². The van der Waals surface area contributed by atoms with E-state index in [1.807, 2.05) is 49.4 Å². The summed E-state index contributed by atoms with van der Waals surface area (Å²) in [5, 5.41) is 7.14. The number of hydrogen-bond acceptors (Lipinski definition) is 3. The summed E-state index contributed by atoms with van der Waals surface area (Å²) in [5.41, 5.74) is 9.83. The lowest BCUT2D eigenvalue weighted by atomic mass is 10.1. The minimum atomic E-state index is -0.202. The number of halogens is 1. The van der Waals surface area contributed by atoms with Crippen LogP contribution in [0.5, 0.6) is 0 Å². The van der Waals surface area contributed by atoms with Gasteiger partial charge in [-0.25, -0.2) is 4.68 Å². The number of carbonyl (C=O) groups is 1. The van der Waals surface area contributed by atoms with Gasteiger partial charge in [0.15, 0.2) is 0 Å². The van der Waals surface area contributed by atoms with Crippen LogP contribution >= 0.6 is 15.9 Å². The molecule has 1 aromatic heterocycles. The van der Waals surface area contributed by atoms with Crippen molar-refractivity contribution in [2.45, 2.75) is 13.5 Å². The SMILES string of the molecule is Cc1cc(CN)cc(NC(=O)c2cnn(-c3ccc(Br)cc3)c2)c1. The first-order chi connectivity index (χ1) is 11.5. The summed E-state index contributed by atoms with van der Waals surface area (Å²) in [6.07, 6.45) is 3.26. The summed E-state index contributed by atoms with van der Waals surface area (Å²) < 4.78 is 2.66. The third kappa shape index (κ3) is 3.72. The van der Waals surface area contributed by atoms with E-state index in [9.17, 15) is 4.79 Å². The highest BCUT2D eigenvalue weighted by molar-refractivity contribution is 9.10. The summed E-state index contributed by atoms with van der Waals surface area (Å²) in [7, 11) is 0. The van der Waals surface area contributed by atoms with E-state index in [2.05, 4.69) is 26.3 Å². The number of rotatable bonds is 4. The molecule has 0 atom stereocenters. The van der Waals surface area contributed by atoms with E-state index in [4.69, 9.17) is 5.73 Å². The highest BCUT2D eigenvalue weighted by Gasteiger charge is 2.10. The van der Waals surface area contributed by atoms with Gasteiger partial charge >= 0.3 is 0 Å². The molecule has 0 spiro atoms. The Bertz CT molecular complexity index is 871. The third-order valence-electron chi connectivity index (χ3n) is 3.57. The van der Waals surface area contributed by atoms with Crippen LogP contribution in [0.2, 0.25) is 0 Å². The second-order valence-corrected chi connectivity index (χ2v) is 6.43. The molecular formula is C18H17BrN4O. The lowest BCUT2D eigenvalue weighted by Crippen LogP contribution is -2.12. The Labute approximate surface area is 148 Å². The molecule has 24 heavy (non-hydrogen) atoms. The number of benzene rings is 2. The minimum absolute atomic E-state index is 0.202. The highest BCUT2D eigenvalue weighted by Crippen LogP contribution is 2.17. The first-order valence-electron chi connectivity index (χ1n) is 7.48. The van der Waals surface area contributed by atoms with Gasteiger partial charge in [-0.2, -0.15) is 5.10 Å². The van der Waals surface area contributed by atoms with Crippen LogP contribution in [0.15, 0.2) is 59.3 Å². The largest absolute Gasteiger partial charge is 0.326 e. The lowest BCUT2D eigenvalue weighted by molar-refractivity contribution is 0.102. The highest BCUT2D eigenvalue weighted by atomic mass is 79.9.